The highest BCUT2D eigenvalue weighted by Crippen LogP contribution is 2.31. The van der Waals surface area contributed by atoms with E-state index >= 15 is 0 Å². The fraction of sp³-hybridized carbons (Fsp3) is 0.853. The molecule has 32 heteroatoms. The second kappa shape index (κ2) is 49.0. The van der Waals surface area contributed by atoms with Crippen LogP contribution >= 0.6 is 0 Å². The van der Waals surface area contributed by atoms with Crippen molar-refractivity contribution in [1.82, 2.24) is 58.5 Å². The SMILES string of the molecule is CCC(COC1CC(C)C1)CC(C)CNC(=O)CCCC(=O)NC(CCC(=O)NCCCNC(=O)CNCOC1OC(CO)C(O)C(O)C1NC(C)=O)(CCC(=O)NCCCNC(=O)C(C)C)CCC(=O)NCCCNC(=O)C(C)(C)CC(C)COC(OC(CO)[C@@H](C)O)[C@H](O)NC(C)=O. The summed E-state index contributed by atoms with van der Waals surface area (Å²) < 4.78 is 28.6. The number of hydrogen-bond acceptors (Lipinski definition) is 22. The highest BCUT2D eigenvalue weighted by Gasteiger charge is 2.45. The summed E-state index contributed by atoms with van der Waals surface area (Å²) in [6.45, 7) is 19.6. The Labute approximate surface area is 590 Å². The maximum atomic E-state index is 14.1. The number of rotatable bonds is 54. The number of nitrogens with one attached hydrogen (secondary N) is 11. The van der Waals surface area contributed by atoms with Crippen LogP contribution in [0.25, 0.3) is 0 Å². The van der Waals surface area contributed by atoms with Crippen LogP contribution in [0.2, 0.25) is 0 Å². The molecule has 2 aliphatic rings. The van der Waals surface area contributed by atoms with Crippen LogP contribution in [-0.2, 0) is 71.6 Å². The van der Waals surface area contributed by atoms with Crippen LogP contribution in [0, 0.1) is 35.0 Å². The molecule has 11 unspecified atom stereocenters. The van der Waals surface area contributed by atoms with Gasteiger partial charge in [0.2, 0.25) is 65.4 Å². The number of carbonyl (C=O) groups excluding carboxylic acids is 10. The summed E-state index contributed by atoms with van der Waals surface area (Å²) in [6.07, 6.45) is -5.40. The summed E-state index contributed by atoms with van der Waals surface area (Å²) in [5, 5.41) is 91.1. The van der Waals surface area contributed by atoms with E-state index in [0.717, 1.165) is 25.7 Å². The van der Waals surface area contributed by atoms with Gasteiger partial charge in [0.25, 0.3) is 0 Å². The van der Waals surface area contributed by atoms with Gasteiger partial charge in [0.15, 0.2) is 12.5 Å². The average molecular weight is 1430 g/mol. The van der Waals surface area contributed by atoms with E-state index in [0.29, 0.717) is 63.3 Å². The molecule has 0 bridgehead atoms. The molecule has 1 saturated heterocycles. The molecule has 13 atom stereocenters. The van der Waals surface area contributed by atoms with Crippen molar-refractivity contribution in [2.45, 2.75) is 252 Å². The Morgan fingerprint density at radius 3 is 1.68 bits per heavy atom. The van der Waals surface area contributed by atoms with E-state index in [4.69, 9.17) is 23.7 Å². The first-order valence-corrected chi connectivity index (χ1v) is 35.8. The van der Waals surface area contributed by atoms with Crippen molar-refractivity contribution in [3.05, 3.63) is 0 Å². The van der Waals surface area contributed by atoms with Gasteiger partial charge in [-0.05, 0) is 101 Å². The molecule has 2 fully saturated rings. The number of hydrogen-bond donors (Lipinski definition) is 17. The Kier molecular flexibility index (Phi) is 44.2. The first-order chi connectivity index (χ1) is 47.2. The molecule has 10 amide bonds. The first-order valence-electron chi connectivity index (χ1n) is 35.8. The molecule has 1 heterocycles. The molecule has 1 saturated carbocycles. The predicted octanol–water partition coefficient (Wildman–Crippen LogP) is -1.03. The summed E-state index contributed by atoms with van der Waals surface area (Å²) in [7, 11) is 0. The van der Waals surface area contributed by atoms with Gasteiger partial charge in [0.05, 0.1) is 38.6 Å². The van der Waals surface area contributed by atoms with Crippen LogP contribution < -0.4 is 58.5 Å². The Hall–Kier alpha value is -5.78. The number of carbonyl (C=O) groups is 10. The molecule has 17 N–H and O–H groups in total. The maximum absolute atomic E-state index is 14.1. The minimum absolute atomic E-state index is 0.00715. The zero-order valence-electron chi connectivity index (χ0n) is 61.2. The molecule has 0 radical (unpaired) electrons. The number of amides is 10. The van der Waals surface area contributed by atoms with Gasteiger partial charge in [-0.3, -0.25) is 53.3 Å². The summed E-state index contributed by atoms with van der Waals surface area (Å²) >= 11 is 0. The van der Waals surface area contributed by atoms with E-state index in [-0.39, 0.29) is 152 Å². The van der Waals surface area contributed by atoms with E-state index in [1.165, 1.54) is 20.8 Å². The van der Waals surface area contributed by atoms with Crippen molar-refractivity contribution in [1.29, 1.82) is 0 Å². The van der Waals surface area contributed by atoms with Crippen molar-refractivity contribution in [3.8, 4) is 0 Å². The lowest BCUT2D eigenvalue weighted by atomic mass is 9.82. The molecule has 1 aliphatic heterocycles. The molecule has 1 aliphatic carbocycles. The van der Waals surface area contributed by atoms with Gasteiger partial charge >= 0.3 is 0 Å². The topological polar surface area (TPSA) is 471 Å². The minimum atomic E-state index is -1.63. The zero-order chi connectivity index (χ0) is 75.0. The Bertz CT molecular complexity index is 2460. The predicted molar refractivity (Wildman–Crippen MR) is 368 cm³/mol. The second-order valence-electron chi connectivity index (χ2n) is 28.1. The summed E-state index contributed by atoms with van der Waals surface area (Å²) in [4.78, 5) is 130. The fourth-order valence-electron chi connectivity index (χ4n) is 11.5. The van der Waals surface area contributed by atoms with E-state index in [1.54, 1.807) is 27.7 Å². The Morgan fingerprint density at radius 2 is 1.17 bits per heavy atom. The molecule has 0 aromatic rings. The summed E-state index contributed by atoms with van der Waals surface area (Å²) in [6, 6.07) is -1.17. The Morgan fingerprint density at radius 1 is 0.630 bits per heavy atom. The van der Waals surface area contributed by atoms with E-state index in [9.17, 15) is 78.6 Å². The average Bonchev–Trinajstić information content (AvgIpc) is 0.798. The molecule has 32 nitrogen and oxygen atoms in total. The lowest BCUT2D eigenvalue weighted by Gasteiger charge is -2.42. The van der Waals surface area contributed by atoms with Crippen molar-refractivity contribution in [2.24, 2.45) is 35.0 Å². The highest BCUT2D eigenvalue weighted by atomic mass is 16.7. The standard InChI is InChI=1S/C68H125N11O21/c1-12-49(40-96-50-32-43(4)33-50)31-44(5)35-76-53(85)17-13-18-57(89)79-68(23-20-55(87)71-26-15-29-74-62(93)42(2)3,22-19-54(86)70-25-14-28-73-58(90)36-69-41-98-64-59(77-47(8)83)61(92)60(91)52(38-81)100-64)24-21-56(88)72-27-16-30-75-66(95)67(10,11)34-45(6)39-97-65(63(94)78-48(9)84)99-51(37-80)46(7)82/h42-46,49-52,59-61,63-65,69,80-82,91-92,94H,12-41H2,1-11H3,(H,70,86)(H,71,87)(H,72,88)(H,73,90)(H,74,93)(H,75,95)(H,76,85)(H,77,83)(H,78,84)(H,79,89)/t43?,44?,45?,46-,49?,50?,51?,52?,59?,60?,61?,63+,64?,65?,68?/m1/s1. The Balaban J connectivity index is 2.18. The molecular weight excluding hydrogens is 1310 g/mol. The molecule has 0 aromatic heterocycles. The number of aliphatic hydroxyl groups excluding tert-OH is 6. The van der Waals surface area contributed by atoms with Gasteiger partial charge in [0.1, 0.15) is 37.2 Å². The lowest BCUT2D eigenvalue weighted by Crippen LogP contribution is -2.64. The summed E-state index contributed by atoms with van der Waals surface area (Å²) in [5.74, 6) is -3.10. The van der Waals surface area contributed by atoms with Gasteiger partial charge < -0.3 is 107 Å². The van der Waals surface area contributed by atoms with E-state index < -0.39 is 115 Å². The smallest absolute Gasteiger partial charge is 0.234 e. The lowest BCUT2D eigenvalue weighted by molar-refractivity contribution is -0.271. The van der Waals surface area contributed by atoms with Crippen molar-refractivity contribution < 1.29 is 102 Å². The molecular formula is C68H125N11O21. The van der Waals surface area contributed by atoms with E-state index in [2.05, 4.69) is 79.3 Å². The maximum Gasteiger partial charge on any atom is 0.234 e. The van der Waals surface area contributed by atoms with Crippen LogP contribution in [0.5, 0.6) is 0 Å². The normalized spacial score (nSPS) is 21.0. The minimum Gasteiger partial charge on any atom is -0.394 e. The summed E-state index contributed by atoms with van der Waals surface area (Å²) in [5.41, 5.74) is -2.23. The quantitative estimate of drug-likeness (QED) is 0.0256. The van der Waals surface area contributed by atoms with Gasteiger partial charge in [-0.1, -0.05) is 61.8 Å². The van der Waals surface area contributed by atoms with E-state index in [1.807, 2.05) is 6.92 Å². The molecule has 100 heavy (non-hydrogen) atoms. The second-order valence-corrected chi connectivity index (χ2v) is 28.1. The molecule has 0 spiro atoms. The van der Waals surface area contributed by atoms with Gasteiger partial charge in [-0.15, -0.1) is 0 Å². The highest BCUT2D eigenvalue weighted by molar-refractivity contribution is 5.83. The van der Waals surface area contributed by atoms with Gasteiger partial charge in [-0.2, -0.15) is 0 Å². The third kappa shape index (κ3) is 37.9. The number of ether oxygens (including phenoxy) is 5. The molecule has 578 valence electrons. The van der Waals surface area contributed by atoms with Crippen LogP contribution in [-0.4, -0.2) is 242 Å². The van der Waals surface area contributed by atoms with Crippen molar-refractivity contribution in [2.75, 3.05) is 85.5 Å². The van der Waals surface area contributed by atoms with Crippen LogP contribution in [0.15, 0.2) is 0 Å². The van der Waals surface area contributed by atoms with Crippen LogP contribution in [0.1, 0.15) is 185 Å². The fourth-order valence-corrected chi connectivity index (χ4v) is 11.5. The third-order valence-electron chi connectivity index (χ3n) is 17.6. The molecule has 0 aromatic carbocycles. The largest absolute Gasteiger partial charge is 0.394 e. The van der Waals surface area contributed by atoms with Crippen LogP contribution in [0.3, 0.4) is 0 Å². The van der Waals surface area contributed by atoms with Crippen LogP contribution in [0.4, 0.5) is 0 Å². The zero-order valence-corrected chi connectivity index (χ0v) is 61.2. The van der Waals surface area contributed by atoms with Gasteiger partial charge in [0, 0.05) is 115 Å². The third-order valence-corrected chi connectivity index (χ3v) is 17.6. The van der Waals surface area contributed by atoms with Crippen molar-refractivity contribution >= 4 is 59.1 Å². The monoisotopic (exact) mass is 1430 g/mol. The first kappa shape index (κ1) is 90.3. The van der Waals surface area contributed by atoms with Gasteiger partial charge in [-0.25, -0.2) is 0 Å². The number of aliphatic hydroxyl groups is 6. The molecule has 2 rings (SSSR count). The van der Waals surface area contributed by atoms with Crippen molar-refractivity contribution in [3.63, 3.8) is 0 Å².